The highest BCUT2D eigenvalue weighted by molar-refractivity contribution is 5.73. The van der Waals surface area contributed by atoms with Crippen molar-refractivity contribution in [1.82, 2.24) is 0 Å². The molecular weight excluding hydrogens is 332 g/mol. The van der Waals surface area contributed by atoms with Crippen LogP contribution >= 0.6 is 0 Å². The van der Waals surface area contributed by atoms with Gasteiger partial charge in [-0.15, -0.1) is 0 Å². The van der Waals surface area contributed by atoms with Crippen LogP contribution in [0.25, 0.3) is 0 Å². The van der Waals surface area contributed by atoms with Crippen LogP contribution < -0.4 is 9.47 Å². The SMILES string of the molecule is COc1ccc(O[C@@H]2O[C@H](C(=O)O)[C@@H](O)[C@H](O)[C@H]2O)cc1C(C)(C)C. The maximum absolute atomic E-state index is 11.1. The first-order valence-corrected chi connectivity index (χ1v) is 7.84. The van der Waals surface area contributed by atoms with E-state index in [0.717, 1.165) is 5.56 Å². The second-order valence-corrected chi connectivity index (χ2v) is 6.97. The lowest BCUT2D eigenvalue weighted by Gasteiger charge is -2.38. The summed E-state index contributed by atoms with van der Waals surface area (Å²) in [6.45, 7) is 5.96. The summed E-state index contributed by atoms with van der Waals surface area (Å²) in [6, 6.07) is 4.96. The van der Waals surface area contributed by atoms with Crippen LogP contribution in [0, 0.1) is 0 Å². The topological polar surface area (TPSA) is 126 Å². The van der Waals surface area contributed by atoms with Gasteiger partial charge in [0.2, 0.25) is 6.29 Å². The average Bonchev–Trinajstić information content (AvgIpc) is 2.54. The fourth-order valence-electron chi connectivity index (χ4n) is 2.63. The zero-order valence-electron chi connectivity index (χ0n) is 14.5. The van der Waals surface area contributed by atoms with Crippen molar-refractivity contribution in [2.24, 2.45) is 0 Å². The van der Waals surface area contributed by atoms with Gasteiger partial charge in [0.1, 0.15) is 29.8 Å². The Labute approximate surface area is 145 Å². The molecule has 1 aromatic rings. The van der Waals surface area contributed by atoms with Crippen molar-refractivity contribution in [3.05, 3.63) is 23.8 Å². The Morgan fingerprint density at radius 2 is 1.76 bits per heavy atom. The zero-order valence-corrected chi connectivity index (χ0v) is 14.5. The first-order valence-electron chi connectivity index (χ1n) is 7.84. The largest absolute Gasteiger partial charge is 0.496 e. The Kier molecular flexibility index (Phi) is 5.58. The molecule has 1 aliphatic rings. The van der Waals surface area contributed by atoms with Crippen LogP contribution in [0.2, 0.25) is 0 Å². The van der Waals surface area contributed by atoms with Crippen LogP contribution in [-0.4, -0.2) is 64.2 Å². The third-order valence-corrected chi connectivity index (χ3v) is 4.04. The predicted molar refractivity (Wildman–Crippen MR) is 86.6 cm³/mol. The van der Waals surface area contributed by atoms with Gasteiger partial charge in [-0.05, 0) is 23.6 Å². The van der Waals surface area contributed by atoms with E-state index >= 15 is 0 Å². The summed E-state index contributed by atoms with van der Waals surface area (Å²) < 4.78 is 16.0. The van der Waals surface area contributed by atoms with E-state index in [-0.39, 0.29) is 5.41 Å². The molecule has 0 amide bonds. The molecule has 8 nitrogen and oxygen atoms in total. The first kappa shape index (κ1) is 19.5. The molecule has 1 aromatic carbocycles. The van der Waals surface area contributed by atoms with Crippen molar-refractivity contribution in [2.75, 3.05) is 7.11 Å². The molecule has 4 N–H and O–H groups in total. The summed E-state index contributed by atoms with van der Waals surface area (Å²) >= 11 is 0. The third-order valence-electron chi connectivity index (χ3n) is 4.04. The maximum Gasteiger partial charge on any atom is 0.335 e. The summed E-state index contributed by atoms with van der Waals surface area (Å²) in [6.07, 6.45) is -8.22. The summed E-state index contributed by atoms with van der Waals surface area (Å²) in [4.78, 5) is 11.1. The number of carboxylic acids is 1. The molecule has 2 rings (SSSR count). The third kappa shape index (κ3) is 4.04. The molecule has 1 heterocycles. The summed E-state index contributed by atoms with van der Waals surface area (Å²) in [5.41, 5.74) is 0.587. The number of aliphatic carboxylic acids is 1. The number of rotatable bonds is 4. The maximum atomic E-state index is 11.1. The number of carbonyl (C=O) groups is 1. The summed E-state index contributed by atoms with van der Waals surface area (Å²) in [5.74, 6) is -0.497. The van der Waals surface area contributed by atoms with E-state index in [9.17, 15) is 20.1 Å². The molecule has 1 fully saturated rings. The molecule has 1 saturated heterocycles. The lowest BCUT2D eigenvalue weighted by Crippen LogP contribution is -2.61. The van der Waals surface area contributed by atoms with Gasteiger partial charge < -0.3 is 34.6 Å². The van der Waals surface area contributed by atoms with Gasteiger partial charge in [0, 0.05) is 5.56 Å². The number of hydrogen-bond acceptors (Lipinski definition) is 7. The molecule has 25 heavy (non-hydrogen) atoms. The van der Waals surface area contributed by atoms with Gasteiger partial charge in [-0.1, -0.05) is 20.8 Å². The predicted octanol–water partition coefficient (Wildman–Crippen LogP) is 0.264. The second-order valence-electron chi connectivity index (χ2n) is 6.97. The van der Waals surface area contributed by atoms with E-state index in [0.29, 0.717) is 11.5 Å². The molecule has 0 radical (unpaired) electrons. The Balaban J connectivity index is 2.27. The minimum Gasteiger partial charge on any atom is -0.496 e. The normalized spacial score (nSPS) is 30.0. The van der Waals surface area contributed by atoms with Gasteiger partial charge in [0.15, 0.2) is 6.10 Å². The number of ether oxygens (including phenoxy) is 3. The number of benzene rings is 1. The zero-order chi connectivity index (χ0) is 18.9. The molecule has 1 aliphatic heterocycles. The highest BCUT2D eigenvalue weighted by Gasteiger charge is 2.48. The highest BCUT2D eigenvalue weighted by Crippen LogP contribution is 2.35. The number of aliphatic hydroxyl groups is 3. The van der Waals surface area contributed by atoms with Gasteiger partial charge >= 0.3 is 5.97 Å². The Bertz CT molecular complexity index is 624. The van der Waals surface area contributed by atoms with Crippen LogP contribution in [0.5, 0.6) is 11.5 Å². The average molecular weight is 356 g/mol. The molecule has 8 heteroatoms. The summed E-state index contributed by atoms with van der Waals surface area (Å²) in [5, 5.41) is 38.6. The number of aliphatic hydroxyl groups excluding tert-OH is 3. The van der Waals surface area contributed by atoms with Gasteiger partial charge in [0.05, 0.1) is 7.11 Å². The van der Waals surface area contributed by atoms with Crippen molar-refractivity contribution in [1.29, 1.82) is 0 Å². The van der Waals surface area contributed by atoms with Crippen molar-refractivity contribution < 1.29 is 39.4 Å². The minimum atomic E-state index is -1.76. The molecular formula is C17H24O8. The van der Waals surface area contributed by atoms with Crippen molar-refractivity contribution in [3.8, 4) is 11.5 Å². The van der Waals surface area contributed by atoms with Crippen LogP contribution in [0.15, 0.2) is 18.2 Å². The fraction of sp³-hybridized carbons (Fsp3) is 0.588. The van der Waals surface area contributed by atoms with Gasteiger partial charge in [0.25, 0.3) is 0 Å². The molecule has 0 bridgehead atoms. The van der Waals surface area contributed by atoms with Crippen LogP contribution in [0.1, 0.15) is 26.3 Å². The smallest absolute Gasteiger partial charge is 0.335 e. The van der Waals surface area contributed by atoms with E-state index in [2.05, 4.69) is 0 Å². The standard InChI is InChI=1S/C17H24O8/c1-17(2,3)9-7-8(5-6-10(9)23-4)24-16-13(20)11(18)12(19)14(25-16)15(21)22/h5-7,11-14,16,18-20H,1-4H3,(H,21,22)/t11-,12-,13+,14-,16+/m0/s1. The molecule has 0 saturated carbocycles. The van der Waals surface area contributed by atoms with Gasteiger partial charge in [-0.25, -0.2) is 4.79 Å². The Morgan fingerprint density at radius 1 is 1.12 bits per heavy atom. The van der Waals surface area contributed by atoms with Crippen molar-refractivity contribution >= 4 is 5.97 Å². The van der Waals surface area contributed by atoms with Crippen LogP contribution in [-0.2, 0) is 14.9 Å². The summed E-state index contributed by atoms with van der Waals surface area (Å²) in [7, 11) is 1.55. The van der Waals surface area contributed by atoms with E-state index in [1.165, 1.54) is 0 Å². The minimum absolute atomic E-state index is 0.254. The van der Waals surface area contributed by atoms with E-state index in [4.69, 9.17) is 19.3 Å². The van der Waals surface area contributed by atoms with Gasteiger partial charge in [-0.2, -0.15) is 0 Å². The van der Waals surface area contributed by atoms with Crippen molar-refractivity contribution in [3.63, 3.8) is 0 Å². The molecule has 5 atom stereocenters. The van der Waals surface area contributed by atoms with Crippen LogP contribution in [0.4, 0.5) is 0 Å². The quantitative estimate of drug-likeness (QED) is 0.605. The molecule has 0 aliphatic carbocycles. The molecule has 0 spiro atoms. The fourth-order valence-corrected chi connectivity index (χ4v) is 2.63. The molecule has 140 valence electrons. The monoisotopic (exact) mass is 356 g/mol. The second kappa shape index (κ2) is 7.17. The Hall–Kier alpha value is -1.87. The van der Waals surface area contributed by atoms with E-state index in [1.807, 2.05) is 20.8 Å². The first-order chi connectivity index (χ1) is 11.6. The van der Waals surface area contributed by atoms with Crippen molar-refractivity contribution in [2.45, 2.75) is 56.9 Å². The van der Waals surface area contributed by atoms with E-state index in [1.54, 1.807) is 25.3 Å². The van der Waals surface area contributed by atoms with Gasteiger partial charge in [-0.3, -0.25) is 0 Å². The highest BCUT2D eigenvalue weighted by atomic mass is 16.7. The Morgan fingerprint density at radius 3 is 2.28 bits per heavy atom. The lowest BCUT2D eigenvalue weighted by molar-refractivity contribution is -0.271. The molecule has 0 unspecified atom stereocenters. The lowest BCUT2D eigenvalue weighted by atomic mass is 9.86. The molecule has 0 aromatic heterocycles. The van der Waals surface area contributed by atoms with E-state index < -0.39 is 36.7 Å². The van der Waals surface area contributed by atoms with Crippen LogP contribution in [0.3, 0.4) is 0 Å². The number of carboxylic acid groups (broad SMARTS) is 1. The number of methoxy groups -OCH3 is 1. The number of hydrogen-bond donors (Lipinski definition) is 4.